The number of thiazole rings is 1. The van der Waals surface area contributed by atoms with E-state index in [-0.39, 0.29) is 12.7 Å². The molecule has 3 heterocycles. The van der Waals surface area contributed by atoms with Crippen molar-refractivity contribution in [3.63, 3.8) is 0 Å². The van der Waals surface area contributed by atoms with Crippen LogP contribution in [0, 0.1) is 0 Å². The van der Waals surface area contributed by atoms with Crippen molar-refractivity contribution >= 4 is 38.7 Å². The van der Waals surface area contributed by atoms with Gasteiger partial charge in [0.25, 0.3) is 5.91 Å². The number of methoxy groups -OCH3 is 1. The van der Waals surface area contributed by atoms with E-state index in [1.54, 1.807) is 24.2 Å². The Kier molecular flexibility index (Phi) is 6.43. The molecule has 0 atom stereocenters. The SMILES string of the molecule is COc1ccc2nc(N(CCN3CCOCC3)C(=O)/C=C/c3ccc4c(c3)OCO4)sc2c1. The second kappa shape index (κ2) is 9.78. The first-order valence-corrected chi connectivity index (χ1v) is 11.7. The standard InChI is InChI=1S/C24H25N3O5S/c1-29-18-4-5-19-22(15-18)33-24(25-19)27(9-8-26-10-12-30-13-11-26)23(28)7-3-17-2-6-20-21(14-17)32-16-31-20/h2-7,14-15H,8-13,16H2,1H3/b7-3+. The highest BCUT2D eigenvalue weighted by Crippen LogP contribution is 2.33. The first-order valence-electron chi connectivity index (χ1n) is 10.8. The third kappa shape index (κ3) is 4.95. The molecular formula is C24H25N3O5S. The Morgan fingerprint density at radius 1 is 1.18 bits per heavy atom. The van der Waals surface area contributed by atoms with Gasteiger partial charge in [0.1, 0.15) is 5.75 Å². The summed E-state index contributed by atoms with van der Waals surface area (Å²) in [6.45, 7) is 4.70. The van der Waals surface area contributed by atoms with Crippen LogP contribution < -0.4 is 19.1 Å². The van der Waals surface area contributed by atoms with Crippen LogP contribution in [-0.4, -0.2) is 69.1 Å². The summed E-state index contributed by atoms with van der Waals surface area (Å²) in [5, 5.41) is 0.673. The first kappa shape index (κ1) is 21.7. The minimum Gasteiger partial charge on any atom is -0.497 e. The number of carbonyl (C=O) groups excluding carboxylic acids is 1. The summed E-state index contributed by atoms with van der Waals surface area (Å²) in [6, 6.07) is 11.4. The molecule has 2 aliphatic rings. The number of amides is 1. The number of anilines is 1. The van der Waals surface area contributed by atoms with Gasteiger partial charge >= 0.3 is 0 Å². The van der Waals surface area contributed by atoms with Crippen LogP contribution in [0.3, 0.4) is 0 Å². The number of hydrogen-bond donors (Lipinski definition) is 0. The van der Waals surface area contributed by atoms with Gasteiger partial charge in [-0.15, -0.1) is 0 Å². The van der Waals surface area contributed by atoms with Gasteiger partial charge in [-0.05, 0) is 42.0 Å². The smallest absolute Gasteiger partial charge is 0.252 e. The van der Waals surface area contributed by atoms with Crippen LogP contribution in [0.1, 0.15) is 5.56 Å². The summed E-state index contributed by atoms with van der Waals surface area (Å²) in [7, 11) is 1.64. The van der Waals surface area contributed by atoms with Gasteiger partial charge in [-0.25, -0.2) is 4.98 Å². The molecule has 2 aliphatic heterocycles. The number of rotatable bonds is 7. The largest absolute Gasteiger partial charge is 0.497 e. The minimum absolute atomic E-state index is 0.119. The molecule has 0 spiro atoms. The molecule has 2 aromatic carbocycles. The highest BCUT2D eigenvalue weighted by Gasteiger charge is 2.20. The molecule has 1 saturated heterocycles. The number of hydrogen-bond acceptors (Lipinski definition) is 8. The topological polar surface area (TPSA) is 73.4 Å². The minimum atomic E-state index is -0.119. The average molecular weight is 468 g/mol. The highest BCUT2D eigenvalue weighted by atomic mass is 32.1. The maximum Gasteiger partial charge on any atom is 0.252 e. The van der Waals surface area contributed by atoms with Gasteiger partial charge < -0.3 is 18.9 Å². The third-order valence-electron chi connectivity index (χ3n) is 5.64. The Labute approximate surface area is 195 Å². The van der Waals surface area contributed by atoms with Crippen molar-refractivity contribution in [2.24, 2.45) is 0 Å². The molecule has 0 bridgehead atoms. The summed E-state index contributed by atoms with van der Waals surface area (Å²) in [5.41, 5.74) is 1.72. The molecule has 8 nitrogen and oxygen atoms in total. The summed E-state index contributed by atoms with van der Waals surface area (Å²) < 4.78 is 22.6. The molecule has 0 radical (unpaired) electrons. The Balaban J connectivity index is 1.38. The highest BCUT2D eigenvalue weighted by molar-refractivity contribution is 7.22. The number of morpholine rings is 1. The number of fused-ring (bicyclic) bond motifs is 2. The van der Waals surface area contributed by atoms with Crippen molar-refractivity contribution < 1.29 is 23.7 Å². The molecule has 0 N–H and O–H groups in total. The zero-order valence-corrected chi connectivity index (χ0v) is 19.2. The summed E-state index contributed by atoms with van der Waals surface area (Å²) in [5.74, 6) is 2.06. The van der Waals surface area contributed by atoms with Gasteiger partial charge in [0, 0.05) is 32.3 Å². The van der Waals surface area contributed by atoms with Gasteiger partial charge in [-0.1, -0.05) is 17.4 Å². The summed E-state index contributed by atoms with van der Waals surface area (Å²) in [6.07, 6.45) is 3.38. The van der Waals surface area contributed by atoms with E-state index >= 15 is 0 Å². The molecule has 0 saturated carbocycles. The fourth-order valence-electron chi connectivity index (χ4n) is 3.78. The van der Waals surface area contributed by atoms with E-state index in [9.17, 15) is 4.79 Å². The molecular weight excluding hydrogens is 442 g/mol. The van der Waals surface area contributed by atoms with Crippen molar-refractivity contribution in [1.29, 1.82) is 0 Å². The molecule has 1 fully saturated rings. The lowest BCUT2D eigenvalue weighted by Crippen LogP contribution is -2.42. The molecule has 0 unspecified atom stereocenters. The van der Waals surface area contributed by atoms with Crippen LogP contribution in [0.5, 0.6) is 17.2 Å². The zero-order valence-electron chi connectivity index (χ0n) is 18.4. The van der Waals surface area contributed by atoms with E-state index in [2.05, 4.69) is 4.90 Å². The van der Waals surface area contributed by atoms with Crippen LogP contribution in [0.25, 0.3) is 16.3 Å². The van der Waals surface area contributed by atoms with Crippen molar-refractivity contribution in [2.45, 2.75) is 0 Å². The zero-order chi connectivity index (χ0) is 22.6. The number of aromatic nitrogens is 1. The quantitative estimate of drug-likeness (QED) is 0.493. The fraction of sp³-hybridized carbons (Fsp3) is 0.333. The summed E-state index contributed by atoms with van der Waals surface area (Å²) >= 11 is 1.49. The van der Waals surface area contributed by atoms with Crippen LogP contribution in [-0.2, 0) is 9.53 Å². The number of nitrogens with zero attached hydrogens (tertiary/aromatic N) is 3. The molecule has 0 aliphatic carbocycles. The fourth-order valence-corrected chi connectivity index (χ4v) is 4.80. The van der Waals surface area contributed by atoms with E-state index < -0.39 is 0 Å². The third-order valence-corrected chi connectivity index (χ3v) is 6.68. The molecule has 1 amide bonds. The van der Waals surface area contributed by atoms with Gasteiger partial charge in [-0.2, -0.15) is 0 Å². The lowest BCUT2D eigenvalue weighted by atomic mass is 10.2. The van der Waals surface area contributed by atoms with Crippen LogP contribution in [0.4, 0.5) is 5.13 Å². The Bertz CT molecular complexity index is 1170. The molecule has 172 valence electrons. The van der Waals surface area contributed by atoms with Crippen molar-refractivity contribution in [3.8, 4) is 17.2 Å². The number of ether oxygens (including phenoxy) is 4. The van der Waals surface area contributed by atoms with Crippen molar-refractivity contribution in [1.82, 2.24) is 9.88 Å². The van der Waals surface area contributed by atoms with E-state index in [0.717, 1.165) is 60.1 Å². The van der Waals surface area contributed by atoms with Gasteiger partial charge in [-0.3, -0.25) is 14.6 Å². The van der Waals surface area contributed by atoms with Crippen molar-refractivity contribution in [2.75, 3.05) is 58.2 Å². The molecule has 33 heavy (non-hydrogen) atoms. The molecule has 1 aromatic heterocycles. The Hall–Kier alpha value is -3.14. The second-order valence-corrected chi connectivity index (χ2v) is 8.73. The Morgan fingerprint density at radius 3 is 2.88 bits per heavy atom. The normalized spacial score (nSPS) is 15.9. The van der Waals surface area contributed by atoms with Crippen LogP contribution >= 0.6 is 11.3 Å². The van der Waals surface area contributed by atoms with E-state index in [4.69, 9.17) is 23.9 Å². The summed E-state index contributed by atoms with van der Waals surface area (Å²) in [4.78, 5) is 22.1. The predicted octanol–water partition coefficient (Wildman–Crippen LogP) is 3.41. The van der Waals surface area contributed by atoms with Gasteiger partial charge in [0.05, 0.1) is 30.5 Å². The van der Waals surface area contributed by atoms with Gasteiger partial charge in [0.15, 0.2) is 16.6 Å². The molecule has 3 aromatic rings. The van der Waals surface area contributed by atoms with Crippen LogP contribution in [0.2, 0.25) is 0 Å². The number of benzene rings is 2. The maximum atomic E-state index is 13.3. The predicted molar refractivity (Wildman–Crippen MR) is 127 cm³/mol. The van der Waals surface area contributed by atoms with Crippen LogP contribution in [0.15, 0.2) is 42.5 Å². The van der Waals surface area contributed by atoms with E-state index in [0.29, 0.717) is 17.4 Å². The molecule has 9 heteroatoms. The lowest BCUT2D eigenvalue weighted by molar-refractivity contribution is -0.114. The second-order valence-electron chi connectivity index (χ2n) is 7.72. The Morgan fingerprint density at radius 2 is 2.03 bits per heavy atom. The average Bonchev–Trinajstić information content (AvgIpc) is 3.49. The van der Waals surface area contributed by atoms with E-state index in [1.807, 2.05) is 36.4 Å². The molecule has 5 rings (SSSR count). The number of carbonyl (C=O) groups is 1. The monoisotopic (exact) mass is 467 g/mol. The van der Waals surface area contributed by atoms with Crippen molar-refractivity contribution in [3.05, 3.63) is 48.0 Å². The van der Waals surface area contributed by atoms with Gasteiger partial charge in [0.2, 0.25) is 6.79 Å². The lowest BCUT2D eigenvalue weighted by Gasteiger charge is -2.28. The first-order chi connectivity index (χ1) is 16.2. The maximum absolute atomic E-state index is 13.3. The van der Waals surface area contributed by atoms with E-state index in [1.165, 1.54) is 11.3 Å².